The van der Waals surface area contributed by atoms with Crippen LogP contribution in [0.1, 0.15) is 42.2 Å². The summed E-state index contributed by atoms with van der Waals surface area (Å²) in [6.45, 7) is 5.00. The number of carbonyl (C=O) groups excluding carboxylic acids is 1. The number of hydrogen-bond acceptors (Lipinski definition) is 5. The van der Waals surface area contributed by atoms with Crippen LogP contribution in [0.5, 0.6) is 0 Å². The summed E-state index contributed by atoms with van der Waals surface area (Å²) >= 11 is 1.42. The Bertz CT molecular complexity index is 613. The maximum atomic E-state index is 12.2. The smallest absolute Gasteiger partial charge is 0.270 e. The predicted molar refractivity (Wildman–Crippen MR) is 94.1 cm³/mol. The molecule has 3 N–H and O–H groups in total. The predicted octanol–water partition coefficient (Wildman–Crippen LogP) is 2.86. The first kappa shape index (κ1) is 17.4. The summed E-state index contributed by atoms with van der Waals surface area (Å²) in [5, 5.41) is 18.2. The zero-order chi connectivity index (χ0) is 16.7. The van der Waals surface area contributed by atoms with E-state index in [1.165, 1.54) is 11.3 Å². The van der Waals surface area contributed by atoms with E-state index in [2.05, 4.69) is 15.6 Å². The highest BCUT2D eigenvalue weighted by atomic mass is 32.1. The van der Waals surface area contributed by atoms with Crippen molar-refractivity contribution in [1.29, 1.82) is 0 Å². The van der Waals surface area contributed by atoms with E-state index in [1.54, 1.807) is 12.3 Å². The number of anilines is 1. The molecule has 0 bridgehead atoms. The number of aliphatic hydroxyl groups excluding tert-OH is 1. The molecular formula is C17H23N3O2S. The summed E-state index contributed by atoms with van der Waals surface area (Å²) in [6.07, 6.45) is 0.182. The summed E-state index contributed by atoms with van der Waals surface area (Å²) in [5.41, 5.74) is 1.54. The van der Waals surface area contributed by atoms with Gasteiger partial charge in [-0.05, 0) is 25.8 Å². The fourth-order valence-corrected chi connectivity index (χ4v) is 3.15. The number of carbonyl (C=O) groups is 1. The van der Waals surface area contributed by atoms with Gasteiger partial charge in [-0.15, -0.1) is 11.3 Å². The van der Waals surface area contributed by atoms with Gasteiger partial charge >= 0.3 is 0 Å². The van der Waals surface area contributed by atoms with Gasteiger partial charge in [0, 0.05) is 24.4 Å². The number of rotatable bonds is 8. The van der Waals surface area contributed by atoms with E-state index >= 15 is 0 Å². The molecule has 0 aliphatic rings. The van der Waals surface area contributed by atoms with E-state index in [9.17, 15) is 9.90 Å². The number of benzene rings is 1. The molecule has 2 rings (SSSR count). The fraction of sp³-hybridized carbons (Fsp3) is 0.412. The van der Waals surface area contributed by atoms with E-state index in [-0.39, 0.29) is 11.8 Å². The average molecular weight is 333 g/mol. The second-order valence-corrected chi connectivity index (χ2v) is 6.33. The van der Waals surface area contributed by atoms with E-state index < -0.39 is 6.10 Å². The van der Waals surface area contributed by atoms with Gasteiger partial charge in [0.2, 0.25) is 0 Å². The van der Waals surface area contributed by atoms with Crippen molar-refractivity contribution in [2.75, 3.05) is 18.4 Å². The lowest BCUT2D eigenvalue weighted by atomic mass is 9.93. The number of thiazole rings is 1. The normalized spacial score (nSPS) is 13.3. The number of nitrogens with zero attached hydrogens (tertiary/aromatic N) is 1. The lowest BCUT2D eigenvalue weighted by Crippen LogP contribution is -2.30. The zero-order valence-electron chi connectivity index (χ0n) is 13.5. The maximum absolute atomic E-state index is 12.2. The number of nitrogens with one attached hydrogen (secondary N) is 2. The van der Waals surface area contributed by atoms with Crippen LogP contribution in [-0.2, 0) is 0 Å². The van der Waals surface area contributed by atoms with Crippen LogP contribution in [0.15, 0.2) is 35.7 Å². The van der Waals surface area contributed by atoms with Gasteiger partial charge in [0.05, 0.1) is 6.10 Å². The topological polar surface area (TPSA) is 74.2 Å². The fourth-order valence-electron chi connectivity index (χ4n) is 2.39. The van der Waals surface area contributed by atoms with Crippen molar-refractivity contribution in [2.45, 2.75) is 32.3 Å². The van der Waals surface area contributed by atoms with Gasteiger partial charge in [-0.1, -0.05) is 30.3 Å². The first-order valence-corrected chi connectivity index (χ1v) is 8.68. The van der Waals surface area contributed by atoms with Crippen molar-refractivity contribution in [3.8, 4) is 0 Å². The average Bonchev–Trinajstić information content (AvgIpc) is 3.01. The van der Waals surface area contributed by atoms with Crippen LogP contribution in [0.3, 0.4) is 0 Å². The molecule has 2 atom stereocenters. The molecule has 5 nitrogen and oxygen atoms in total. The summed E-state index contributed by atoms with van der Waals surface area (Å²) in [4.78, 5) is 16.5. The Kier molecular flexibility index (Phi) is 6.55. The largest absolute Gasteiger partial charge is 0.393 e. The molecule has 0 aliphatic heterocycles. The molecule has 2 aromatic rings. The van der Waals surface area contributed by atoms with Gasteiger partial charge in [-0.25, -0.2) is 4.98 Å². The number of hydrogen-bond donors (Lipinski definition) is 3. The van der Waals surface area contributed by atoms with Crippen molar-refractivity contribution < 1.29 is 9.90 Å². The van der Waals surface area contributed by atoms with Crippen molar-refractivity contribution >= 4 is 22.4 Å². The Hall–Kier alpha value is -1.92. The van der Waals surface area contributed by atoms with Crippen LogP contribution in [0.2, 0.25) is 0 Å². The second kappa shape index (κ2) is 8.64. The Labute approximate surface area is 140 Å². The van der Waals surface area contributed by atoms with E-state index in [4.69, 9.17) is 0 Å². The molecule has 1 heterocycles. The molecule has 6 heteroatoms. The minimum absolute atomic E-state index is 0.0759. The van der Waals surface area contributed by atoms with Gasteiger partial charge < -0.3 is 15.7 Å². The Morgan fingerprint density at radius 2 is 2.09 bits per heavy atom. The molecule has 1 amide bonds. The highest BCUT2D eigenvalue weighted by Crippen LogP contribution is 2.21. The Balaban J connectivity index is 1.98. The first-order chi connectivity index (χ1) is 11.1. The first-order valence-electron chi connectivity index (χ1n) is 7.80. The highest BCUT2D eigenvalue weighted by Gasteiger charge is 2.17. The minimum Gasteiger partial charge on any atom is -0.393 e. The third-order valence-corrected chi connectivity index (χ3v) is 4.27. The third kappa shape index (κ3) is 5.33. The molecule has 0 radical (unpaired) electrons. The van der Waals surface area contributed by atoms with Gasteiger partial charge in [-0.3, -0.25) is 4.79 Å². The lowest BCUT2D eigenvalue weighted by Gasteiger charge is -2.19. The van der Waals surface area contributed by atoms with Crippen LogP contribution in [0, 0.1) is 0 Å². The number of aliphatic hydroxyl groups is 1. The van der Waals surface area contributed by atoms with Crippen LogP contribution in [-0.4, -0.2) is 35.2 Å². The molecule has 0 aliphatic carbocycles. The molecule has 23 heavy (non-hydrogen) atoms. The molecule has 2 unspecified atom stereocenters. The SMILES string of the molecule is CCNc1nc(C(=O)NCC(CC(C)O)c2ccccc2)cs1. The van der Waals surface area contributed by atoms with E-state index in [0.29, 0.717) is 18.7 Å². The number of amides is 1. The van der Waals surface area contributed by atoms with E-state index in [0.717, 1.165) is 17.2 Å². The van der Waals surface area contributed by atoms with Crippen molar-refractivity contribution in [3.05, 3.63) is 47.0 Å². The van der Waals surface area contributed by atoms with E-state index in [1.807, 2.05) is 37.3 Å². The molecule has 0 spiro atoms. The standard InChI is InChI=1S/C17H23N3O2S/c1-3-18-17-20-15(11-23-17)16(22)19-10-14(9-12(2)21)13-7-5-4-6-8-13/h4-8,11-12,14,21H,3,9-10H2,1-2H3,(H,18,20)(H,19,22). The molecule has 0 fully saturated rings. The summed E-state index contributed by atoms with van der Waals surface area (Å²) < 4.78 is 0. The Morgan fingerprint density at radius 3 is 2.74 bits per heavy atom. The molecule has 1 aromatic heterocycles. The van der Waals surface area contributed by atoms with Gasteiger partial charge in [0.15, 0.2) is 5.13 Å². The van der Waals surface area contributed by atoms with Crippen molar-refractivity contribution in [1.82, 2.24) is 10.3 Å². The monoisotopic (exact) mass is 333 g/mol. The highest BCUT2D eigenvalue weighted by molar-refractivity contribution is 7.13. The quantitative estimate of drug-likeness (QED) is 0.694. The van der Waals surface area contributed by atoms with Crippen molar-refractivity contribution in [2.24, 2.45) is 0 Å². The summed E-state index contributed by atoms with van der Waals surface area (Å²) in [6, 6.07) is 9.93. The van der Waals surface area contributed by atoms with Gasteiger partial charge in [-0.2, -0.15) is 0 Å². The molecule has 0 saturated heterocycles. The van der Waals surface area contributed by atoms with Crippen molar-refractivity contribution in [3.63, 3.8) is 0 Å². The zero-order valence-corrected chi connectivity index (χ0v) is 14.3. The van der Waals surface area contributed by atoms with Gasteiger partial charge in [0.25, 0.3) is 5.91 Å². The summed E-state index contributed by atoms with van der Waals surface area (Å²) in [5.74, 6) is -0.107. The maximum Gasteiger partial charge on any atom is 0.270 e. The molecule has 1 aromatic carbocycles. The molecular weight excluding hydrogens is 310 g/mol. The minimum atomic E-state index is -0.420. The third-order valence-electron chi connectivity index (χ3n) is 3.47. The molecule has 124 valence electrons. The van der Waals surface area contributed by atoms with Crippen LogP contribution in [0.25, 0.3) is 0 Å². The lowest BCUT2D eigenvalue weighted by molar-refractivity contribution is 0.0941. The van der Waals surface area contributed by atoms with Crippen LogP contribution < -0.4 is 10.6 Å². The Morgan fingerprint density at radius 1 is 1.35 bits per heavy atom. The van der Waals surface area contributed by atoms with Crippen LogP contribution in [0.4, 0.5) is 5.13 Å². The summed E-state index contributed by atoms with van der Waals surface area (Å²) in [7, 11) is 0. The second-order valence-electron chi connectivity index (χ2n) is 5.47. The number of aromatic nitrogens is 1. The van der Waals surface area contributed by atoms with Gasteiger partial charge in [0.1, 0.15) is 5.69 Å². The van der Waals surface area contributed by atoms with Crippen LogP contribution >= 0.6 is 11.3 Å². The molecule has 0 saturated carbocycles.